The number of carbonyl (C=O) groups excluding carboxylic acids is 1. The maximum atomic E-state index is 12.8. The minimum atomic E-state index is -4.34. The van der Waals surface area contributed by atoms with Gasteiger partial charge in [-0.3, -0.25) is 4.79 Å². The number of hydrogen-bond acceptors (Lipinski definition) is 4. The Labute approximate surface area is 204 Å². The van der Waals surface area contributed by atoms with Gasteiger partial charge in [0.05, 0.1) is 0 Å². The van der Waals surface area contributed by atoms with E-state index < -0.39 is 23.7 Å². The van der Waals surface area contributed by atoms with Gasteiger partial charge in [0.15, 0.2) is 6.29 Å². The average molecular weight is 510 g/mol. The Morgan fingerprint density at radius 1 is 0.972 bits per heavy atom. The molecule has 0 fully saturated rings. The molecule has 4 nitrogen and oxygen atoms in total. The second-order valence-electron chi connectivity index (χ2n) is 7.16. The van der Waals surface area contributed by atoms with Crippen LogP contribution in [0.3, 0.4) is 0 Å². The summed E-state index contributed by atoms with van der Waals surface area (Å²) in [6.07, 6.45) is -3.41. The highest BCUT2D eigenvalue weighted by Crippen LogP contribution is 2.36. The smallest absolute Gasteiger partial charge is 0.332 e. The normalized spacial score (nSPS) is 11.0. The van der Waals surface area contributed by atoms with Crippen molar-refractivity contribution in [3.05, 3.63) is 102 Å². The van der Waals surface area contributed by atoms with Crippen molar-refractivity contribution < 1.29 is 36.3 Å². The van der Waals surface area contributed by atoms with E-state index in [-0.39, 0.29) is 17.2 Å². The van der Waals surface area contributed by atoms with Crippen LogP contribution in [0.2, 0.25) is 0 Å². The van der Waals surface area contributed by atoms with E-state index in [0.29, 0.717) is 17.9 Å². The molecule has 0 aromatic heterocycles. The summed E-state index contributed by atoms with van der Waals surface area (Å²) in [4.78, 5) is 9.83. The van der Waals surface area contributed by atoms with Gasteiger partial charge in [-0.25, -0.2) is 17.6 Å². The molecule has 0 spiro atoms. The zero-order chi connectivity index (χ0) is 27.3. The molecule has 0 aliphatic heterocycles. The Morgan fingerprint density at radius 2 is 1.53 bits per heavy atom. The Bertz CT molecular complexity index is 1150. The number of halogens is 6. The number of nitrogens with one attached hydrogen (secondary N) is 1. The number of rotatable bonds is 6. The van der Waals surface area contributed by atoms with E-state index in [4.69, 9.17) is 5.21 Å². The number of allylic oxidation sites excluding steroid dienone is 1. The molecule has 0 aliphatic rings. The molecule has 0 heterocycles. The second-order valence-corrected chi connectivity index (χ2v) is 7.16. The molecular weight excluding hydrogens is 486 g/mol. The van der Waals surface area contributed by atoms with Gasteiger partial charge in [0, 0.05) is 18.3 Å². The van der Waals surface area contributed by atoms with E-state index in [2.05, 4.69) is 17.1 Å². The third kappa shape index (κ3) is 9.28. The number of hydrogen-bond donors (Lipinski definition) is 2. The fraction of sp³-hybridized carbons (Fsp3) is 0.154. The summed E-state index contributed by atoms with van der Waals surface area (Å²) in [7, 11) is 1.37. The van der Waals surface area contributed by atoms with Gasteiger partial charge in [0.2, 0.25) is 0 Å². The molecule has 3 rings (SSSR count). The molecule has 192 valence electrons. The molecule has 0 bridgehead atoms. The fourth-order valence-electron chi connectivity index (χ4n) is 2.53. The Kier molecular flexibility index (Phi) is 11.9. The van der Waals surface area contributed by atoms with Crippen LogP contribution in [0.5, 0.6) is 0 Å². The summed E-state index contributed by atoms with van der Waals surface area (Å²) in [6.45, 7) is 4.96. The third-order valence-electron chi connectivity index (χ3n) is 4.45. The standard InChI is InChI=1S/C12H9F.C9H8F5N.C5H7NO2/c13-12-8-6-11(7-9-12)10-4-2-1-3-5-10;1-15-7-3-5(2-6(10)4-7)9(13,14)8(11)12;1-4(2)5(3-7)6-8/h1-9H;2-4,8,15H,1H3;3,8H,1H2,2H3/b;;6-5-. The maximum Gasteiger partial charge on any atom is 0.332 e. The van der Waals surface area contributed by atoms with Gasteiger partial charge >= 0.3 is 12.3 Å². The summed E-state index contributed by atoms with van der Waals surface area (Å²) in [5, 5.41) is 13.0. The Balaban J connectivity index is 0.000000283. The molecule has 0 saturated carbocycles. The number of anilines is 1. The fourth-order valence-corrected chi connectivity index (χ4v) is 2.53. The van der Waals surface area contributed by atoms with E-state index in [1.165, 1.54) is 19.2 Å². The number of benzene rings is 3. The van der Waals surface area contributed by atoms with E-state index >= 15 is 0 Å². The van der Waals surface area contributed by atoms with Crippen LogP contribution in [0.25, 0.3) is 11.1 Å². The van der Waals surface area contributed by atoms with Gasteiger partial charge in [0.1, 0.15) is 17.3 Å². The molecule has 0 atom stereocenters. The van der Waals surface area contributed by atoms with Crippen molar-refractivity contribution >= 4 is 17.7 Å². The van der Waals surface area contributed by atoms with Crippen molar-refractivity contribution in [2.24, 2.45) is 5.16 Å². The molecule has 2 N–H and O–H groups in total. The summed E-state index contributed by atoms with van der Waals surface area (Å²) in [5.41, 5.74) is 1.59. The second kappa shape index (κ2) is 14.3. The molecule has 3 aromatic rings. The number of aldehydes is 1. The summed E-state index contributed by atoms with van der Waals surface area (Å²) >= 11 is 0. The van der Waals surface area contributed by atoms with Gasteiger partial charge < -0.3 is 10.5 Å². The highest BCUT2D eigenvalue weighted by atomic mass is 19.3. The Hall–Kier alpha value is -4.08. The summed E-state index contributed by atoms with van der Waals surface area (Å²) < 4.78 is 75.0. The zero-order valence-corrected chi connectivity index (χ0v) is 19.4. The lowest BCUT2D eigenvalue weighted by Crippen LogP contribution is -2.23. The zero-order valence-electron chi connectivity index (χ0n) is 19.4. The SMILES string of the molecule is C=C(C)/C(C=O)=N\O.CNc1cc(F)cc(C(F)(F)C(F)F)c1.Fc1ccc(-c2ccccc2)cc1. The maximum absolute atomic E-state index is 12.8. The first-order chi connectivity index (χ1) is 17.0. The summed E-state index contributed by atoms with van der Waals surface area (Å²) in [6, 6.07) is 18.6. The molecule has 10 heteroatoms. The number of alkyl halides is 4. The van der Waals surface area contributed by atoms with Crippen molar-refractivity contribution in [1.29, 1.82) is 0 Å². The molecule has 3 aromatic carbocycles. The third-order valence-corrected chi connectivity index (χ3v) is 4.45. The van der Waals surface area contributed by atoms with E-state index in [1.807, 2.05) is 30.3 Å². The van der Waals surface area contributed by atoms with Crippen molar-refractivity contribution in [2.75, 3.05) is 12.4 Å². The van der Waals surface area contributed by atoms with Crippen molar-refractivity contribution in [2.45, 2.75) is 19.3 Å². The first-order valence-corrected chi connectivity index (χ1v) is 10.2. The Morgan fingerprint density at radius 3 is 1.94 bits per heavy atom. The van der Waals surface area contributed by atoms with Crippen LogP contribution in [0, 0.1) is 11.6 Å². The van der Waals surface area contributed by atoms with Crippen LogP contribution < -0.4 is 5.32 Å². The predicted molar refractivity (Wildman–Crippen MR) is 128 cm³/mol. The van der Waals surface area contributed by atoms with Gasteiger partial charge in [-0.15, -0.1) is 0 Å². The van der Waals surface area contributed by atoms with E-state index in [1.54, 1.807) is 19.1 Å². The van der Waals surface area contributed by atoms with Gasteiger partial charge in [-0.2, -0.15) is 8.78 Å². The lowest BCUT2D eigenvalue weighted by atomic mass is 10.1. The first kappa shape index (κ1) is 30.0. The van der Waals surface area contributed by atoms with Gasteiger partial charge in [-0.05, 0) is 54.0 Å². The number of carbonyl (C=O) groups is 1. The van der Waals surface area contributed by atoms with Crippen molar-refractivity contribution in [3.8, 4) is 11.1 Å². The van der Waals surface area contributed by atoms with Crippen LogP contribution in [0.1, 0.15) is 12.5 Å². The highest BCUT2D eigenvalue weighted by Gasteiger charge is 2.43. The van der Waals surface area contributed by atoms with Crippen LogP contribution in [-0.4, -0.2) is 30.7 Å². The summed E-state index contributed by atoms with van der Waals surface area (Å²) in [5.74, 6) is -5.52. The minimum absolute atomic E-state index is 0.00926. The average Bonchev–Trinajstić information content (AvgIpc) is 2.86. The topological polar surface area (TPSA) is 61.7 Å². The lowest BCUT2D eigenvalue weighted by Gasteiger charge is -2.16. The molecule has 0 aliphatic carbocycles. The quantitative estimate of drug-likeness (QED) is 0.120. The molecular formula is C26H24F6N2O2. The van der Waals surface area contributed by atoms with Gasteiger partial charge in [0.25, 0.3) is 0 Å². The van der Waals surface area contributed by atoms with Crippen molar-refractivity contribution in [1.82, 2.24) is 0 Å². The molecule has 0 unspecified atom stereocenters. The van der Waals surface area contributed by atoms with Crippen LogP contribution in [0.4, 0.5) is 32.0 Å². The molecule has 36 heavy (non-hydrogen) atoms. The van der Waals surface area contributed by atoms with Crippen LogP contribution >= 0.6 is 0 Å². The largest absolute Gasteiger partial charge is 0.410 e. The predicted octanol–water partition coefficient (Wildman–Crippen LogP) is 7.31. The molecule has 0 saturated heterocycles. The van der Waals surface area contributed by atoms with Crippen LogP contribution in [-0.2, 0) is 10.7 Å². The monoisotopic (exact) mass is 510 g/mol. The number of oxime groups is 1. The van der Waals surface area contributed by atoms with E-state index in [0.717, 1.165) is 23.3 Å². The highest BCUT2D eigenvalue weighted by molar-refractivity contribution is 6.35. The number of nitrogens with zero attached hydrogens (tertiary/aromatic N) is 1. The minimum Gasteiger partial charge on any atom is -0.410 e. The van der Waals surface area contributed by atoms with E-state index in [9.17, 15) is 31.1 Å². The molecule has 0 radical (unpaired) electrons. The van der Waals surface area contributed by atoms with Crippen LogP contribution in [0.15, 0.2) is 90.1 Å². The first-order valence-electron chi connectivity index (χ1n) is 10.2. The van der Waals surface area contributed by atoms with Crippen molar-refractivity contribution in [3.63, 3.8) is 0 Å². The lowest BCUT2D eigenvalue weighted by molar-refractivity contribution is -0.135. The molecule has 0 amide bonds. The van der Waals surface area contributed by atoms with Gasteiger partial charge in [-0.1, -0.05) is 54.2 Å².